The SMILES string of the molecule is CCCCCOC(=O)c1ccc(N2C[C@H](C(=O)OCC(=O)c3ccc(OC(=O)c4ccc(Br)cc4)cc3)CC2=O)cc1. The lowest BCUT2D eigenvalue weighted by atomic mass is 10.1. The second kappa shape index (κ2) is 14.5. The van der Waals surface area contributed by atoms with Gasteiger partial charge in [-0.25, -0.2) is 9.59 Å². The molecule has 218 valence electrons. The van der Waals surface area contributed by atoms with E-state index in [1.807, 2.05) is 0 Å². The molecule has 1 aliphatic rings. The van der Waals surface area contributed by atoms with Crippen molar-refractivity contribution in [1.29, 1.82) is 0 Å². The number of benzene rings is 3. The number of nitrogens with zero attached hydrogens (tertiary/aromatic N) is 1. The summed E-state index contributed by atoms with van der Waals surface area (Å²) in [7, 11) is 0. The molecule has 9 nitrogen and oxygen atoms in total. The number of anilines is 1. The van der Waals surface area contributed by atoms with Crippen LogP contribution in [0.25, 0.3) is 0 Å². The van der Waals surface area contributed by atoms with Crippen molar-refractivity contribution >= 4 is 51.2 Å². The van der Waals surface area contributed by atoms with E-state index in [1.54, 1.807) is 48.5 Å². The smallest absolute Gasteiger partial charge is 0.343 e. The fourth-order valence-corrected chi connectivity index (χ4v) is 4.56. The lowest BCUT2D eigenvalue weighted by Gasteiger charge is -2.17. The number of hydrogen-bond acceptors (Lipinski definition) is 8. The van der Waals surface area contributed by atoms with Gasteiger partial charge < -0.3 is 19.1 Å². The van der Waals surface area contributed by atoms with E-state index in [2.05, 4.69) is 22.9 Å². The van der Waals surface area contributed by atoms with Crippen LogP contribution in [0, 0.1) is 5.92 Å². The summed E-state index contributed by atoms with van der Waals surface area (Å²) in [5.74, 6) is -2.77. The van der Waals surface area contributed by atoms with Crippen LogP contribution in [-0.2, 0) is 19.1 Å². The van der Waals surface area contributed by atoms with Gasteiger partial charge in [0.2, 0.25) is 5.91 Å². The Kier molecular flexibility index (Phi) is 10.6. The van der Waals surface area contributed by atoms with Crippen LogP contribution in [0.3, 0.4) is 0 Å². The molecule has 0 radical (unpaired) electrons. The number of rotatable bonds is 12. The van der Waals surface area contributed by atoms with Crippen LogP contribution < -0.4 is 9.64 Å². The largest absolute Gasteiger partial charge is 0.462 e. The monoisotopic (exact) mass is 635 g/mol. The molecule has 0 bridgehead atoms. The Morgan fingerprint density at radius 1 is 0.810 bits per heavy atom. The standard InChI is InChI=1S/C32H30BrNO8/c1-2-3-4-17-40-30(37)22-7-13-26(14-8-22)34-19-24(18-29(34)36)31(38)41-20-28(35)21-9-15-27(16-10-21)42-32(39)23-5-11-25(33)12-6-23/h5-16,24H,2-4,17-20H2,1H3/t24-/m1/s1. The van der Waals surface area contributed by atoms with Gasteiger partial charge in [-0.2, -0.15) is 0 Å². The van der Waals surface area contributed by atoms with Gasteiger partial charge in [-0.15, -0.1) is 0 Å². The molecular formula is C32H30BrNO8. The molecule has 1 fully saturated rings. The summed E-state index contributed by atoms with van der Waals surface area (Å²) in [4.78, 5) is 63.8. The van der Waals surface area contributed by atoms with Crippen LogP contribution in [0.2, 0.25) is 0 Å². The molecule has 0 aromatic heterocycles. The third kappa shape index (κ3) is 8.13. The summed E-state index contributed by atoms with van der Waals surface area (Å²) in [5, 5.41) is 0. The maximum atomic E-state index is 12.7. The third-order valence-corrected chi connectivity index (χ3v) is 7.20. The molecule has 3 aromatic rings. The van der Waals surface area contributed by atoms with Gasteiger partial charge in [0.1, 0.15) is 5.75 Å². The van der Waals surface area contributed by atoms with E-state index in [0.29, 0.717) is 23.4 Å². The van der Waals surface area contributed by atoms with E-state index in [4.69, 9.17) is 14.2 Å². The molecule has 4 rings (SSSR count). The van der Waals surface area contributed by atoms with E-state index in [1.165, 1.54) is 29.2 Å². The summed E-state index contributed by atoms with van der Waals surface area (Å²) in [5.41, 5.74) is 1.59. The Morgan fingerprint density at radius 2 is 1.43 bits per heavy atom. The van der Waals surface area contributed by atoms with Gasteiger partial charge in [0, 0.05) is 28.7 Å². The lowest BCUT2D eigenvalue weighted by Crippen LogP contribution is -2.27. The molecule has 1 saturated heterocycles. The molecule has 0 unspecified atom stereocenters. The quantitative estimate of drug-likeness (QED) is 0.106. The summed E-state index contributed by atoms with van der Waals surface area (Å²) < 4.78 is 16.6. The van der Waals surface area contributed by atoms with Crippen molar-refractivity contribution in [2.24, 2.45) is 5.92 Å². The van der Waals surface area contributed by atoms with Crippen molar-refractivity contribution in [3.05, 3.63) is 94.0 Å². The van der Waals surface area contributed by atoms with E-state index < -0.39 is 36.2 Å². The number of halogens is 1. The summed E-state index contributed by atoms with van der Waals surface area (Å²) in [6.07, 6.45) is 2.78. The molecular weight excluding hydrogens is 606 g/mol. The number of ether oxygens (including phenoxy) is 3. The molecule has 1 heterocycles. The van der Waals surface area contributed by atoms with Crippen LogP contribution in [-0.4, -0.2) is 49.4 Å². The number of unbranched alkanes of at least 4 members (excludes halogenated alkanes) is 2. The molecule has 1 aliphatic heterocycles. The van der Waals surface area contributed by atoms with Gasteiger partial charge in [0.25, 0.3) is 0 Å². The van der Waals surface area contributed by atoms with Crippen molar-refractivity contribution in [3.8, 4) is 5.75 Å². The van der Waals surface area contributed by atoms with Gasteiger partial charge in [-0.3, -0.25) is 14.4 Å². The molecule has 3 aromatic carbocycles. The van der Waals surface area contributed by atoms with Crippen molar-refractivity contribution < 1.29 is 38.2 Å². The number of carbonyl (C=O) groups is 5. The minimum absolute atomic E-state index is 0.0489. The highest BCUT2D eigenvalue weighted by Crippen LogP contribution is 2.26. The van der Waals surface area contributed by atoms with Crippen molar-refractivity contribution in [2.45, 2.75) is 32.6 Å². The van der Waals surface area contributed by atoms with E-state index in [-0.39, 0.29) is 30.2 Å². The molecule has 1 amide bonds. The Balaban J connectivity index is 1.24. The van der Waals surface area contributed by atoms with E-state index in [0.717, 1.165) is 23.7 Å². The van der Waals surface area contributed by atoms with Crippen LogP contribution in [0.15, 0.2) is 77.3 Å². The van der Waals surface area contributed by atoms with Gasteiger partial charge in [-0.1, -0.05) is 35.7 Å². The molecule has 0 saturated carbocycles. The summed E-state index contributed by atoms with van der Waals surface area (Å²) >= 11 is 3.31. The average molecular weight is 636 g/mol. The minimum atomic E-state index is -0.728. The fourth-order valence-electron chi connectivity index (χ4n) is 4.29. The Hall–Kier alpha value is -4.31. The predicted molar refractivity (Wildman–Crippen MR) is 158 cm³/mol. The van der Waals surface area contributed by atoms with E-state index >= 15 is 0 Å². The number of esters is 3. The molecule has 42 heavy (non-hydrogen) atoms. The second-order valence-electron chi connectivity index (χ2n) is 9.75. The Morgan fingerprint density at radius 3 is 2.10 bits per heavy atom. The summed E-state index contributed by atoms with van der Waals surface area (Å²) in [6, 6.07) is 19.1. The first kappa shape index (κ1) is 30.6. The molecule has 0 spiro atoms. The van der Waals surface area contributed by atoms with Crippen LogP contribution in [0.5, 0.6) is 5.75 Å². The highest BCUT2D eigenvalue weighted by Gasteiger charge is 2.36. The number of Topliss-reactive ketones (excluding diaryl/α,β-unsaturated/α-hetero) is 1. The van der Waals surface area contributed by atoms with Crippen molar-refractivity contribution in [1.82, 2.24) is 0 Å². The molecule has 10 heteroatoms. The van der Waals surface area contributed by atoms with Gasteiger partial charge in [0.15, 0.2) is 12.4 Å². The molecule has 0 aliphatic carbocycles. The first-order valence-corrected chi connectivity index (χ1v) is 14.4. The van der Waals surface area contributed by atoms with Crippen LogP contribution in [0.4, 0.5) is 5.69 Å². The topological polar surface area (TPSA) is 116 Å². The van der Waals surface area contributed by atoms with Crippen molar-refractivity contribution in [3.63, 3.8) is 0 Å². The number of hydrogen-bond donors (Lipinski definition) is 0. The zero-order chi connectivity index (χ0) is 30.1. The Bertz CT molecular complexity index is 1430. The van der Waals surface area contributed by atoms with Crippen LogP contribution >= 0.6 is 15.9 Å². The number of amides is 1. The van der Waals surface area contributed by atoms with Gasteiger partial charge >= 0.3 is 17.9 Å². The van der Waals surface area contributed by atoms with Crippen LogP contribution in [0.1, 0.15) is 63.7 Å². The first-order valence-electron chi connectivity index (χ1n) is 13.6. The third-order valence-electron chi connectivity index (χ3n) is 6.67. The minimum Gasteiger partial charge on any atom is -0.462 e. The average Bonchev–Trinajstić information content (AvgIpc) is 3.40. The van der Waals surface area contributed by atoms with Gasteiger partial charge in [-0.05, 0) is 79.2 Å². The Labute approximate surface area is 251 Å². The predicted octanol–water partition coefficient (Wildman–Crippen LogP) is 5.79. The molecule has 1 atom stereocenters. The van der Waals surface area contributed by atoms with Crippen molar-refractivity contribution in [2.75, 3.05) is 24.7 Å². The van der Waals surface area contributed by atoms with Gasteiger partial charge in [0.05, 0.1) is 23.7 Å². The zero-order valence-corrected chi connectivity index (χ0v) is 24.6. The number of ketones is 1. The van der Waals surface area contributed by atoms with E-state index in [9.17, 15) is 24.0 Å². The normalized spacial score (nSPS) is 14.4. The lowest BCUT2D eigenvalue weighted by molar-refractivity contribution is -0.147. The second-order valence-corrected chi connectivity index (χ2v) is 10.7. The number of carbonyl (C=O) groups excluding carboxylic acids is 5. The fraction of sp³-hybridized carbons (Fsp3) is 0.281. The summed E-state index contributed by atoms with van der Waals surface area (Å²) in [6.45, 7) is 2.04. The molecule has 0 N–H and O–H groups in total. The maximum absolute atomic E-state index is 12.7. The highest BCUT2D eigenvalue weighted by atomic mass is 79.9. The maximum Gasteiger partial charge on any atom is 0.343 e. The highest BCUT2D eigenvalue weighted by molar-refractivity contribution is 9.10. The zero-order valence-electron chi connectivity index (χ0n) is 23.0. The first-order chi connectivity index (χ1) is 20.2.